The molecule has 0 saturated carbocycles. The third-order valence-corrected chi connectivity index (χ3v) is 2.93. The highest BCUT2D eigenvalue weighted by atomic mass is 28.2. The van der Waals surface area contributed by atoms with Gasteiger partial charge in [-0.2, -0.15) is 0 Å². The predicted octanol–water partition coefficient (Wildman–Crippen LogP) is 2.05. The zero-order chi connectivity index (χ0) is 8.53. The van der Waals surface area contributed by atoms with E-state index < -0.39 is 0 Å². The molecule has 1 nitrogen and oxygen atoms in total. The van der Waals surface area contributed by atoms with Crippen molar-refractivity contribution in [1.29, 1.82) is 0 Å². The maximum atomic E-state index is 5.55. The summed E-state index contributed by atoms with van der Waals surface area (Å²) in [4.78, 5) is 0. The zero-order valence-electron chi connectivity index (χ0n) is 7.38. The maximum Gasteiger partial charge on any atom is 0.162 e. The Bertz CT molecular complexity index is 104. The molecule has 0 aliphatic heterocycles. The number of rotatable bonds is 7. The minimum Gasteiger partial charge on any atom is -0.414 e. The van der Waals surface area contributed by atoms with Gasteiger partial charge in [0.05, 0.1) is 6.10 Å². The van der Waals surface area contributed by atoms with Gasteiger partial charge in [0, 0.05) is 0 Å². The number of hydrogen-bond acceptors (Lipinski definition) is 1. The van der Waals surface area contributed by atoms with E-state index in [0.717, 1.165) is 0 Å². The third-order valence-electron chi connectivity index (χ3n) is 1.52. The second-order valence-corrected chi connectivity index (χ2v) is 3.96. The van der Waals surface area contributed by atoms with Gasteiger partial charge in [-0.15, -0.1) is 13.2 Å². The summed E-state index contributed by atoms with van der Waals surface area (Å²) in [5.74, 6) is 0. The summed E-state index contributed by atoms with van der Waals surface area (Å²) in [5, 5.41) is 0. The van der Waals surface area contributed by atoms with Crippen molar-refractivity contribution in [3.8, 4) is 0 Å². The van der Waals surface area contributed by atoms with Crippen LogP contribution in [-0.4, -0.2) is 15.9 Å². The van der Waals surface area contributed by atoms with Crippen LogP contribution in [0.4, 0.5) is 0 Å². The first-order chi connectivity index (χ1) is 5.35. The molecule has 0 atom stereocenters. The minimum atomic E-state index is -0.312. The van der Waals surface area contributed by atoms with Crippen LogP contribution in [0.1, 0.15) is 19.8 Å². The molecule has 0 N–H and O–H groups in total. The Labute approximate surface area is 72.1 Å². The molecule has 64 valence electrons. The largest absolute Gasteiger partial charge is 0.414 e. The van der Waals surface area contributed by atoms with Crippen LogP contribution in [0.2, 0.25) is 6.04 Å². The molecule has 0 aromatic heterocycles. The number of hydrogen-bond donors (Lipinski definition) is 0. The summed E-state index contributed by atoms with van der Waals surface area (Å²) in [5.41, 5.74) is 0. The zero-order valence-corrected chi connectivity index (χ0v) is 8.80. The lowest BCUT2D eigenvalue weighted by molar-refractivity contribution is 0.313. The summed E-state index contributed by atoms with van der Waals surface area (Å²) in [7, 11) is -0.312. The van der Waals surface area contributed by atoms with Crippen molar-refractivity contribution >= 4 is 9.76 Å². The van der Waals surface area contributed by atoms with Gasteiger partial charge in [0.1, 0.15) is 0 Å². The van der Waals surface area contributed by atoms with Crippen LogP contribution in [0.15, 0.2) is 25.3 Å². The van der Waals surface area contributed by atoms with Crippen molar-refractivity contribution in [1.82, 2.24) is 0 Å². The van der Waals surface area contributed by atoms with Gasteiger partial charge in [-0.05, 0) is 6.04 Å². The van der Waals surface area contributed by atoms with Crippen LogP contribution in [0, 0.1) is 0 Å². The highest BCUT2D eigenvalue weighted by Gasteiger charge is 1.96. The molecule has 0 aromatic carbocycles. The van der Waals surface area contributed by atoms with Crippen LogP contribution in [0.25, 0.3) is 0 Å². The molecule has 11 heavy (non-hydrogen) atoms. The highest BCUT2D eigenvalue weighted by molar-refractivity contribution is 6.27. The number of unbranched alkanes of at least 4 members (excludes halogenated alkanes) is 1. The van der Waals surface area contributed by atoms with E-state index >= 15 is 0 Å². The van der Waals surface area contributed by atoms with Gasteiger partial charge in [-0.1, -0.05) is 31.9 Å². The van der Waals surface area contributed by atoms with Crippen LogP contribution in [0.3, 0.4) is 0 Å². The molecule has 0 aliphatic carbocycles. The average molecular weight is 170 g/mol. The second kappa shape index (κ2) is 7.76. The Hall–Kier alpha value is -0.343. The molecular weight excluding hydrogens is 152 g/mol. The fraction of sp³-hybridized carbons (Fsp3) is 0.556. The van der Waals surface area contributed by atoms with E-state index in [2.05, 4.69) is 20.1 Å². The lowest BCUT2D eigenvalue weighted by atomic mass is 10.4. The first-order valence-corrected chi connectivity index (χ1v) is 5.79. The van der Waals surface area contributed by atoms with Gasteiger partial charge in [-0.25, -0.2) is 0 Å². The summed E-state index contributed by atoms with van der Waals surface area (Å²) < 4.78 is 5.55. The van der Waals surface area contributed by atoms with Gasteiger partial charge in [-0.3, -0.25) is 0 Å². The Kier molecular flexibility index (Phi) is 7.52. The monoisotopic (exact) mass is 170 g/mol. The van der Waals surface area contributed by atoms with Crippen molar-refractivity contribution in [2.75, 3.05) is 0 Å². The Morgan fingerprint density at radius 1 is 1.45 bits per heavy atom. The third kappa shape index (κ3) is 6.07. The van der Waals surface area contributed by atoms with E-state index in [4.69, 9.17) is 4.43 Å². The molecule has 0 spiro atoms. The maximum absolute atomic E-state index is 5.55. The van der Waals surface area contributed by atoms with Crippen LogP contribution in [0.5, 0.6) is 0 Å². The molecule has 0 aromatic rings. The van der Waals surface area contributed by atoms with Gasteiger partial charge < -0.3 is 4.43 Å². The minimum absolute atomic E-state index is 0.0959. The van der Waals surface area contributed by atoms with E-state index in [9.17, 15) is 0 Å². The smallest absolute Gasteiger partial charge is 0.162 e. The second-order valence-electron chi connectivity index (χ2n) is 2.51. The van der Waals surface area contributed by atoms with Crippen LogP contribution in [-0.2, 0) is 4.43 Å². The molecule has 0 fully saturated rings. The molecule has 0 unspecified atom stereocenters. The standard InChI is InChI=1S/C9H18OSi/c1-4-7-8-11-10-9(5-2)6-3/h5-6,9H,2-4,7-8,11H2,1H3. The van der Waals surface area contributed by atoms with Gasteiger partial charge in [0.25, 0.3) is 0 Å². The van der Waals surface area contributed by atoms with Crippen molar-refractivity contribution in [3.63, 3.8) is 0 Å². The van der Waals surface area contributed by atoms with E-state index in [-0.39, 0.29) is 15.9 Å². The summed E-state index contributed by atoms with van der Waals surface area (Å²) in [6.07, 6.45) is 6.26. The SMILES string of the molecule is C=CC(C=C)O[SiH2]CCCC. The van der Waals surface area contributed by atoms with Crippen molar-refractivity contribution in [2.45, 2.75) is 31.9 Å². The summed E-state index contributed by atoms with van der Waals surface area (Å²) in [6, 6.07) is 1.27. The quantitative estimate of drug-likeness (QED) is 0.323. The first kappa shape index (κ1) is 10.7. The summed E-state index contributed by atoms with van der Waals surface area (Å²) >= 11 is 0. The van der Waals surface area contributed by atoms with Crippen molar-refractivity contribution < 1.29 is 4.43 Å². The topological polar surface area (TPSA) is 9.23 Å². The lowest BCUT2D eigenvalue weighted by Gasteiger charge is -2.07. The first-order valence-electron chi connectivity index (χ1n) is 4.21. The fourth-order valence-electron chi connectivity index (χ4n) is 0.804. The van der Waals surface area contributed by atoms with Crippen LogP contribution < -0.4 is 0 Å². The highest BCUT2D eigenvalue weighted by Crippen LogP contribution is 1.98. The van der Waals surface area contributed by atoms with Crippen molar-refractivity contribution in [3.05, 3.63) is 25.3 Å². The molecule has 0 bridgehead atoms. The normalized spacial score (nSPS) is 11.1. The van der Waals surface area contributed by atoms with E-state index in [1.54, 1.807) is 12.2 Å². The Morgan fingerprint density at radius 2 is 2.09 bits per heavy atom. The molecule has 0 radical (unpaired) electrons. The van der Waals surface area contributed by atoms with Crippen molar-refractivity contribution in [2.24, 2.45) is 0 Å². The molecular formula is C9H18OSi. The van der Waals surface area contributed by atoms with Gasteiger partial charge >= 0.3 is 0 Å². The van der Waals surface area contributed by atoms with E-state index in [0.29, 0.717) is 0 Å². The lowest BCUT2D eigenvalue weighted by Crippen LogP contribution is -2.09. The Balaban J connectivity index is 3.21. The average Bonchev–Trinajstić information content (AvgIpc) is 2.05. The van der Waals surface area contributed by atoms with E-state index in [1.165, 1.54) is 18.9 Å². The summed E-state index contributed by atoms with van der Waals surface area (Å²) in [6.45, 7) is 9.51. The molecule has 0 rings (SSSR count). The molecule has 0 aliphatic rings. The van der Waals surface area contributed by atoms with E-state index in [1.807, 2.05) is 0 Å². The Morgan fingerprint density at radius 3 is 2.55 bits per heavy atom. The predicted molar refractivity (Wildman–Crippen MR) is 53.5 cm³/mol. The van der Waals surface area contributed by atoms with Gasteiger partial charge in [0.15, 0.2) is 9.76 Å². The molecule has 2 heteroatoms. The van der Waals surface area contributed by atoms with Gasteiger partial charge in [0.2, 0.25) is 0 Å². The fourth-order valence-corrected chi connectivity index (χ4v) is 2.22. The van der Waals surface area contributed by atoms with Crippen LogP contribution >= 0.6 is 0 Å². The molecule has 0 saturated heterocycles. The molecule has 0 heterocycles. The molecule has 0 amide bonds.